The molecule has 1 fully saturated rings. The summed E-state index contributed by atoms with van der Waals surface area (Å²) in [6.07, 6.45) is 1.43. The van der Waals surface area contributed by atoms with Crippen LogP contribution in [0.3, 0.4) is 0 Å². The van der Waals surface area contributed by atoms with Gasteiger partial charge in [0.05, 0.1) is 4.47 Å². The van der Waals surface area contributed by atoms with Gasteiger partial charge in [0.1, 0.15) is 11.3 Å². The molecule has 1 saturated heterocycles. The van der Waals surface area contributed by atoms with Crippen LogP contribution in [-0.4, -0.2) is 29.4 Å². The van der Waals surface area contributed by atoms with Crippen LogP contribution in [-0.2, 0) is 14.4 Å². The van der Waals surface area contributed by atoms with E-state index in [2.05, 4.69) is 31.9 Å². The Kier molecular flexibility index (Phi) is 6.86. The molecule has 0 bridgehead atoms. The molecule has 0 spiro atoms. The molecule has 1 heterocycles. The zero-order valence-electron chi connectivity index (χ0n) is 15.5. The minimum Gasteiger partial charge on any atom is -0.483 e. The molecule has 10 heteroatoms. The maximum absolute atomic E-state index is 12.1. The van der Waals surface area contributed by atoms with Crippen LogP contribution >= 0.6 is 39.7 Å². The van der Waals surface area contributed by atoms with Gasteiger partial charge in [0.2, 0.25) is 0 Å². The van der Waals surface area contributed by atoms with E-state index in [1.165, 1.54) is 6.08 Å². The molecule has 0 atom stereocenters. The van der Waals surface area contributed by atoms with Crippen molar-refractivity contribution in [1.29, 1.82) is 0 Å². The Morgan fingerprint density at radius 1 is 1.20 bits per heavy atom. The van der Waals surface area contributed by atoms with Gasteiger partial charge in [0.15, 0.2) is 11.7 Å². The average Bonchev–Trinajstić information content (AvgIpc) is 2.67. The molecule has 3 amide bonds. The van der Waals surface area contributed by atoms with Gasteiger partial charge in [-0.05, 0) is 76.5 Å². The van der Waals surface area contributed by atoms with Gasteiger partial charge in [-0.3, -0.25) is 25.0 Å². The Labute approximate surface area is 190 Å². The van der Waals surface area contributed by atoms with Gasteiger partial charge in [0, 0.05) is 10.7 Å². The first-order valence-corrected chi connectivity index (χ1v) is 10.2. The van der Waals surface area contributed by atoms with E-state index in [0.29, 0.717) is 26.5 Å². The molecule has 1 aliphatic rings. The zero-order chi connectivity index (χ0) is 21.8. The van der Waals surface area contributed by atoms with Crippen molar-refractivity contribution in [3.05, 3.63) is 62.6 Å². The molecule has 30 heavy (non-hydrogen) atoms. The smallest absolute Gasteiger partial charge is 0.263 e. The quantitative estimate of drug-likeness (QED) is 0.327. The summed E-state index contributed by atoms with van der Waals surface area (Å²) in [6, 6.07) is 10.2. The van der Waals surface area contributed by atoms with Crippen molar-refractivity contribution in [3.63, 3.8) is 0 Å². The highest BCUT2D eigenvalue weighted by atomic mass is 79.9. The van der Waals surface area contributed by atoms with E-state index in [4.69, 9.17) is 28.6 Å². The maximum atomic E-state index is 12.1. The van der Waals surface area contributed by atoms with Crippen LogP contribution in [0.25, 0.3) is 6.08 Å². The highest BCUT2D eigenvalue weighted by Gasteiger charge is 2.25. The molecule has 7 nitrogen and oxygen atoms in total. The first-order chi connectivity index (χ1) is 14.2. The highest BCUT2D eigenvalue weighted by molar-refractivity contribution is 9.10. The van der Waals surface area contributed by atoms with E-state index < -0.39 is 11.8 Å². The number of carbonyl (C=O) groups is 3. The fraction of sp³-hybridized carbons (Fsp3) is 0.100. The maximum Gasteiger partial charge on any atom is 0.263 e. The Morgan fingerprint density at radius 3 is 2.53 bits per heavy atom. The van der Waals surface area contributed by atoms with Crippen molar-refractivity contribution in [1.82, 2.24) is 10.6 Å². The zero-order valence-corrected chi connectivity index (χ0v) is 18.7. The molecule has 154 valence electrons. The molecule has 3 rings (SSSR count). The van der Waals surface area contributed by atoms with Gasteiger partial charge in [-0.1, -0.05) is 23.7 Å². The molecule has 0 radical (unpaired) electrons. The molecule has 2 aromatic carbocycles. The molecular weight excluding hydrogens is 494 g/mol. The summed E-state index contributed by atoms with van der Waals surface area (Å²) in [5, 5.41) is 7.97. The van der Waals surface area contributed by atoms with Crippen LogP contribution in [0, 0.1) is 6.92 Å². The lowest BCUT2D eigenvalue weighted by molar-refractivity contribution is -0.123. The number of benzene rings is 2. The van der Waals surface area contributed by atoms with Gasteiger partial charge in [-0.2, -0.15) is 0 Å². The molecule has 1 aliphatic heterocycles. The second kappa shape index (κ2) is 9.38. The van der Waals surface area contributed by atoms with E-state index in [0.717, 1.165) is 5.56 Å². The van der Waals surface area contributed by atoms with Gasteiger partial charge in [-0.25, -0.2) is 0 Å². The molecule has 0 saturated carbocycles. The number of thiocarbonyl (C=S) groups is 1. The summed E-state index contributed by atoms with van der Waals surface area (Å²) in [4.78, 5) is 36.0. The van der Waals surface area contributed by atoms with E-state index in [9.17, 15) is 14.4 Å². The monoisotopic (exact) mass is 507 g/mol. The summed E-state index contributed by atoms with van der Waals surface area (Å²) >= 11 is 14.2. The third kappa shape index (κ3) is 5.44. The number of anilines is 1. The van der Waals surface area contributed by atoms with E-state index >= 15 is 0 Å². The van der Waals surface area contributed by atoms with Crippen LogP contribution in [0.5, 0.6) is 5.75 Å². The third-order valence-electron chi connectivity index (χ3n) is 4.02. The summed E-state index contributed by atoms with van der Waals surface area (Å²) in [6.45, 7) is 1.66. The van der Waals surface area contributed by atoms with Crippen LogP contribution in [0.4, 0.5) is 5.69 Å². The topological polar surface area (TPSA) is 96.5 Å². The fourth-order valence-corrected chi connectivity index (χ4v) is 3.38. The Hall–Kier alpha value is -2.75. The van der Waals surface area contributed by atoms with E-state index in [1.54, 1.807) is 30.3 Å². The van der Waals surface area contributed by atoms with Crippen molar-refractivity contribution in [3.8, 4) is 5.75 Å². The van der Waals surface area contributed by atoms with Crippen molar-refractivity contribution < 1.29 is 19.1 Å². The molecule has 0 aromatic heterocycles. The van der Waals surface area contributed by atoms with Gasteiger partial charge in [-0.15, -0.1) is 0 Å². The normalized spacial score (nSPS) is 13.4. The standard InChI is InChI=1S/C20H15BrClN3O4S/c1-10-2-4-12(8-15(10)22)23-17(26)9-29-16-5-3-11(7-14(16)21)6-13-18(27)24-20(30)25-19(13)28/h2-8H,9H2,1H3,(H,23,26)(H2,24,25,27,28,30). The molecule has 2 aromatic rings. The Morgan fingerprint density at radius 2 is 1.90 bits per heavy atom. The Bertz CT molecular complexity index is 1080. The predicted molar refractivity (Wildman–Crippen MR) is 121 cm³/mol. The SMILES string of the molecule is Cc1ccc(NC(=O)COc2ccc(C=C3C(=O)NC(=S)NC3=O)cc2Br)cc1Cl. The summed E-state index contributed by atoms with van der Waals surface area (Å²) in [5.74, 6) is -1.08. The van der Waals surface area contributed by atoms with Gasteiger partial charge in [0.25, 0.3) is 17.7 Å². The van der Waals surface area contributed by atoms with Crippen molar-refractivity contribution in [2.24, 2.45) is 0 Å². The minimum atomic E-state index is -0.576. The predicted octanol–water partition coefficient (Wildman–Crippen LogP) is 3.34. The summed E-state index contributed by atoms with van der Waals surface area (Å²) < 4.78 is 6.09. The number of aryl methyl sites for hydroxylation is 1. The molecule has 3 N–H and O–H groups in total. The number of ether oxygens (including phenoxy) is 1. The third-order valence-corrected chi connectivity index (χ3v) is 5.26. The van der Waals surface area contributed by atoms with Crippen LogP contribution in [0.2, 0.25) is 5.02 Å². The lowest BCUT2D eigenvalue weighted by Crippen LogP contribution is -2.51. The van der Waals surface area contributed by atoms with E-state index in [1.807, 2.05) is 13.0 Å². The number of rotatable bonds is 5. The summed E-state index contributed by atoms with van der Waals surface area (Å²) in [7, 11) is 0. The van der Waals surface area contributed by atoms with Gasteiger partial charge < -0.3 is 10.1 Å². The second-order valence-corrected chi connectivity index (χ2v) is 7.96. The molecule has 0 unspecified atom stereocenters. The lowest BCUT2D eigenvalue weighted by atomic mass is 10.1. The van der Waals surface area contributed by atoms with Crippen LogP contribution in [0.15, 0.2) is 46.4 Å². The fourth-order valence-electron chi connectivity index (χ4n) is 2.51. The number of amides is 3. The second-order valence-electron chi connectivity index (χ2n) is 6.29. The minimum absolute atomic E-state index is 0.0294. The van der Waals surface area contributed by atoms with Crippen LogP contribution in [0.1, 0.15) is 11.1 Å². The number of hydrogen-bond donors (Lipinski definition) is 3. The first kappa shape index (κ1) is 21.9. The highest BCUT2D eigenvalue weighted by Crippen LogP contribution is 2.27. The van der Waals surface area contributed by atoms with Gasteiger partial charge >= 0.3 is 0 Å². The first-order valence-electron chi connectivity index (χ1n) is 8.59. The lowest BCUT2D eigenvalue weighted by Gasteiger charge is -2.16. The van der Waals surface area contributed by atoms with E-state index in [-0.39, 0.29) is 23.2 Å². The van der Waals surface area contributed by atoms with Crippen molar-refractivity contribution in [2.45, 2.75) is 6.92 Å². The number of carbonyl (C=O) groups excluding carboxylic acids is 3. The van der Waals surface area contributed by atoms with Crippen molar-refractivity contribution in [2.75, 3.05) is 11.9 Å². The largest absolute Gasteiger partial charge is 0.483 e. The van der Waals surface area contributed by atoms with Crippen LogP contribution < -0.4 is 20.7 Å². The number of hydrogen-bond acceptors (Lipinski definition) is 5. The molecule has 0 aliphatic carbocycles. The van der Waals surface area contributed by atoms with Crippen molar-refractivity contribution >= 4 is 74.3 Å². The Balaban J connectivity index is 1.64. The summed E-state index contributed by atoms with van der Waals surface area (Å²) in [5.41, 5.74) is 2.00. The average molecular weight is 509 g/mol. The molecular formula is C20H15BrClN3O4S. The number of halogens is 2. The number of nitrogens with one attached hydrogen (secondary N) is 3.